The van der Waals surface area contributed by atoms with Gasteiger partial charge in [-0.05, 0) is 24.6 Å². The lowest BCUT2D eigenvalue weighted by molar-refractivity contribution is 0.626. The van der Waals surface area contributed by atoms with Crippen LogP contribution in [0.1, 0.15) is 18.5 Å². The molecular weight excluding hydrogens is 383 g/mol. The fourth-order valence-electron chi connectivity index (χ4n) is 2.80. The second-order valence-electron chi connectivity index (χ2n) is 6.48. The molecule has 0 radical (unpaired) electrons. The third kappa shape index (κ3) is 5.02. The molecule has 0 aliphatic carbocycles. The Kier molecular flexibility index (Phi) is 5.70. The van der Waals surface area contributed by atoms with E-state index in [9.17, 15) is 4.39 Å². The standard InChI is InChI=1S/C21H19FN8/c1-14(15-2-4-16(22)5-3-15)27-18-10-17(28-20-12-23-6-8-25-20)11-19(29-18)30-21-13-24-7-9-26-21/h2-14H,1H3,(H3,25,26,27,28,29,30). The number of nitrogens with zero attached hydrogens (tertiary/aromatic N) is 5. The second kappa shape index (κ2) is 8.91. The van der Waals surface area contributed by atoms with Gasteiger partial charge in [0.25, 0.3) is 0 Å². The number of benzene rings is 1. The van der Waals surface area contributed by atoms with Crippen LogP contribution in [0.2, 0.25) is 0 Å². The third-order valence-corrected chi connectivity index (χ3v) is 4.21. The zero-order chi connectivity index (χ0) is 20.8. The Hall–Kier alpha value is -4.14. The Balaban J connectivity index is 1.61. The molecule has 3 N–H and O–H groups in total. The van der Waals surface area contributed by atoms with Crippen molar-refractivity contribution in [2.75, 3.05) is 16.0 Å². The van der Waals surface area contributed by atoms with E-state index >= 15 is 0 Å². The molecule has 1 unspecified atom stereocenters. The van der Waals surface area contributed by atoms with Gasteiger partial charge in [0, 0.05) is 48.6 Å². The fourth-order valence-corrected chi connectivity index (χ4v) is 2.80. The first kappa shape index (κ1) is 19.2. The maximum absolute atomic E-state index is 13.2. The van der Waals surface area contributed by atoms with Crippen molar-refractivity contribution in [1.82, 2.24) is 24.9 Å². The van der Waals surface area contributed by atoms with Crippen LogP contribution in [0.15, 0.2) is 73.6 Å². The Morgan fingerprint density at radius 2 is 1.40 bits per heavy atom. The predicted octanol–water partition coefficient (Wildman–Crippen LogP) is 4.46. The van der Waals surface area contributed by atoms with Crippen LogP contribution < -0.4 is 16.0 Å². The quantitative estimate of drug-likeness (QED) is 0.417. The molecule has 3 heterocycles. The number of halogens is 1. The van der Waals surface area contributed by atoms with Crippen molar-refractivity contribution in [3.8, 4) is 0 Å². The average Bonchev–Trinajstić information content (AvgIpc) is 2.75. The van der Waals surface area contributed by atoms with Crippen molar-refractivity contribution in [2.24, 2.45) is 0 Å². The summed E-state index contributed by atoms with van der Waals surface area (Å²) in [4.78, 5) is 21.2. The maximum Gasteiger partial charge on any atom is 0.150 e. The van der Waals surface area contributed by atoms with E-state index in [0.29, 0.717) is 23.3 Å². The van der Waals surface area contributed by atoms with Crippen LogP contribution in [0.25, 0.3) is 0 Å². The smallest absolute Gasteiger partial charge is 0.150 e. The normalized spacial score (nSPS) is 11.5. The first-order valence-electron chi connectivity index (χ1n) is 9.26. The molecule has 0 bridgehead atoms. The molecule has 1 atom stereocenters. The molecule has 4 rings (SSSR count). The molecule has 0 aliphatic rings. The van der Waals surface area contributed by atoms with Crippen molar-refractivity contribution < 1.29 is 4.39 Å². The van der Waals surface area contributed by atoms with Crippen LogP contribution in [0.4, 0.5) is 33.3 Å². The predicted molar refractivity (Wildman–Crippen MR) is 113 cm³/mol. The molecule has 0 spiro atoms. The van der Waals surface area contributed by atoms with Gasteiger partial charge in [0.1, 0.15) is 29.1 Å². The molecule has 1 aromatic carbocycles. The molecule has 9 heteroatoms. The summed E-state index contributed by atoms with van der Waals surface area (Å²) in [6.45, 7) is 1.98. The van der Waals surface area contributed by atoms with Gasteiger partial charge in [-0.1, -0.05) is 12.1 Å². The molecule has 150 valence electrons. The van der Waals surface area contributed by atoms with Gasteiger partial charge in [0.15, 0.2) is 0 Å². The number of hydrogen-bond donors (Lipinski definition) is 3. The van der Waals surface area contributed by atoms with Crippen LogP contribution in [0.3, 0.4) is 0 Å². The molecule has 0 saturated carbocycles. The Bertz CT molecular complexity index is 1030. The van der Waals surface area contributed by atoms with Crippen LogP contribution >= 0.6 is 0 Å². The van der Waals surface area contributed by atoms with E-state index < -0.39 is 0 Å². The van der Waals surface area contributed by atoms with Gasteiger partial charge in [-0.2, -0.15) is 0 Å². The van der Waals surface area contributed by atoms with Crippen molar-refractivity contribution in [3.05, 3.63) is 85.0 Å². The minimum atomic E-state index is -0.269. The first-order chi connectivity index (χ1) is 14.7. The maximum atomic E-state index is 13.2. The lowest BCUT2D eigenvalue weighted by Gasteiger charge is -2.17. The largest absolute Gasteiger partial charge is 0.363 e. The summed E-state index contributed by atoms with van der Waals surface area (Å²) in [5, 5.41) is 9.70. The molecule has 0 saturated heterocycles. The highest BCUT2D eigenvalue weighted by molar-refractivity contribution is 5.67. The second-order valence-corrected chi connectivity index (χ2v) is 6.48. The van der Waals surface area contributed by atoms with Gasteiger partial charge in [-0.3, -0.25) is 9.97 Å². The van der Waals surface area contributed by atoms with Crippen LogP contribution in [0, 0.1) is 5.82 Å². The molecule has 0 aliphatic heterocycles. The van der Waals surface area contributed by atoms with E-state index in [4.69, 9.17) is 0 Å². The lowest BCUT2D eigenvalue weighted by Crippen LogP contribution is -2.09. The van der Waals surface area contributed by atoms with E-state index in [1.165, 1.54) is 12.1 Å². The van der Waals surface area contributed by atoms with Gasteiger partial charge in [-0.25, -0.2) is 19.3 Å². The number of hydrogen-bond acceptors (Lipinski definition) is 8. The van der Waals surface area contributed by atoms with Crippen LogP contribution in [0.5, 0.6) is 0 Å². The Morgan fingerprint density at radius 3 is 2.03 bits per heavy atom. The van der Waals surface area contributed by atoms with Crippen LogP contribution in [-0.2, 0) is 0 Å². The highest BCUT2D eigenvalue weighted by Crippen LogP contribution is 2.26. The molecule has 4 aromatic rings. The van der Waals surface area contributed by atoms with Crippen molar-refractivity contribution in [2.45, 2.75) is 13.0 Å². The Morgan fingerprint density at radius 1 is 0.767 bits per heavy atom. The minimum Gasteiger partial charge on any atom is -0.363 e. The Labute approximate surface area is 172 Å². The molecule has 0 amide bonds. The van der Waals surface area contributed by atoms with Crippen LogP contribution in [-0.4, -0.2) is 24.9 Å². The van der Waals surface area contributed by atoms with E-state index in [1.54, 1.807) is 49.3 Å². The number of pyridine rings is 1. The first-order valence-corrected chi connectivity index (χ1v) is 9.26. The highest BCUT2D eigenvalue weighted by Gasteiger charge is 2.10. The summed E-state index contributed by atoms with van der Waals surface area (Å²) >= 11 is 0. The lowest BCUT2D eigenvalue weighted by atomic mass is 10.1. The zero-order valence-corrected chi connectivity index (χ0v) is 16.1. The SMILES string of the molecule is CC(Nc1cc(Nc2cnccn2)cc(Nc2cnccn2)n1)c1ccc(F)cc1. The van der Waals surface area contributed by atoms with E-state index in [1.807, 2.05) is 19.1 Å². The molecule has 8 nitrogen and oxygen atoms in total. The molecule has 3 aromatic heterocycles. The van der Waals surface area contributed by atoms with Gasteiger partial charge >= 0.3 is 0 Å². The fraction of sp³-hybridized carbons (Fsp3) is 0.0952. The van der Waals surface area contributed by atoms with Crippen molar-refractivity contribution >= 4 is 29.0 Å². The zero-order valence-electron chi connectivity index (χ0n) is 16.1. The summed E-state index contributed by atoms with van der Waals surface area (Å²) in [5.41, 5.74) is 1.69. The number of aromatic nitrogens is 5. The van der Waals surface area contributed by atoms with Gasteiger partial charge in [0.2, 0.25) is 0 Å². The molecule has 30 heavy (non-hydrogen) atoms. The third-order valence-electron chi connectivity index (χ3n) is 4.21. The summed E-state index contributed by atoms with van der Waals surface area (Å²) in [7, 11) is 0. The minimum absolute atomic E-state index is 0.0887. The topological polar surface area (TPSA) is 101 Å². The molecular formula is C21H19FN8. The van der Waals surface area contributed by atoms with Crippen molar-refractivity contribution in [3.63, 3.8) is 0 Å². The number of anilines is 5. The summed E-state index contributed by atoms with van der Waals surface area (Å²) in [5.74, 6) is 2.09. The highest BCUT2D eigenvalue weighted by atomic mass is 19.1. The average molecular weight is 402 g/mol. The van der Waals surface area contributed by atoms with E-state index in [2.05, 4.69) is 40.9 Å². The molecule has 0 fully saturated rings. The summed E-state index contributed by atoms with van der Waals surface area (Å²) in [6, 6.07) is 9.96. The van der Waals surface area contributed by atoms with Gasteiger partial charge < -0.3 is 16.0 Å². The summed E-state index contributed by atoms with van der Waals surface area (Å²) < 4.78 is 13.2. The summed E-state index contributed by atoms with van der Waals surface area (Å²) in [6.07, 6.45) is 9.65. The van der Waals surface area contributed by atoms with Crippen molar-refractivity contribution in [1.29, 1.82) is 0 Å². The van der Waals surface area contributed by atoms with Gasteiger partial charge in [-0.15, -0.1) is 0 Å². The number of rotatable bonds is 7. The number of nitrogens with one attached hydrogen (secondary N) is 3. The monoisotopic (exact) mass is 402 g/mol. The van der Waals surface area contributed by atoms with Gasteiger partial charge in [0.05, 0.1) is 12.4 Å². The van der Waals surface area contributed by atoms with E-state index in [0.717, 1.165) is 11.3 Å². The van der Waals surface area contributed by atoms with E-state index in [-0.39, 0.29) is 11.9 Å².